The summed E-state index contributed by atoms with van der Waals surface area (Å²) in [6.45, 7) is 0. The molecule has 0 atom stereocenters. The molecule has 1 aromatic heterocycles. The minimum atomic E-state index is -1.11. The number of anilines is 1. The van der Waals surface area contributed by atoms with E-state index in [4.69, 9.17) is 9.52 Å². The molecule has 19 heavy (non-hydrogen) atoms. The molecule has 0 saturated carbocycles. The van der Waals surface area contributed by atoms with E-state index in [1.54, 1.807) is 6.07 Å². The molecule has 0 spiro atoms. The van der Waals surface area contributed by atoms with E-state index in [0.717, 1.165) is 3.57 Å². The Hall–Kier alpha value is -1.83. The van der Waals surface area contributed by atoms with E-state index in [1.165, 1.54) is 12.3 Å². The van der Waals surface area contributed by atoms with Crippen molar-refractivity contribution in [3.63, 3.8) is 0 Å². The molecule has 1 heterocycles. The van der Waals surface area contributed by atoms with Crippen LogP contribution in [-0.4, -0.2) is 17.0 Å². The monoisotopic (exact) mass is 371 g/mol. The largest absolute Gasteiger partial charge is 0.478 e. The lowest BCUT2D eigenvalue weighted by molar-refractivity contribution is -0.115. The Bertz CT molecular complexity index is 621. The number of carbonyl (C=O) groups excluding carboxylic acids is 1. The van der Waals surface area contributed by atoms with Crippen LogP contribution in [0.4, 0.5) is 5.69 Å². The Kier molecular flexibility index (Phi) is 4.20. The number of benzene rings is 1. The van der Waals surface area contributed by atoms with E-state index in [9.17, 15) is 9.59 Å². The van der Waals surface area contributed by atoms with Gasteiger partial charge in [0.25, 0.3) is 0 Å². The van der Waals surface area contributed by atoms with Crippen LogP contribution in [-0.2, 0) is 11.2 Å². The van der Waals surface area contributed by atoms with Crippen LogP contribution in [0, 0.1) is 3.57 Å². The minimum Gasteiger partial charge on any atom is -0.478 e. The van der Waals surface area contributed by atoms with Crippen LogP contribution in [0.15, 0.2) is 41.0 Å². The molecule has 2 aromatic rings. The van der Waals surface area contributed by atoms with Crippen LogP contribution in [0.25, 0.3) is 0 Å². The molecule has 1 amide bonds. The van der Waals surface area contributed by atoms with Gasteiger partial charge in [-0.25, -0.2) is 4.79 Å². The number of carbonyl (C=O) groups is 2. The van der Waals surface area contributed by atoms with Gasteiger partial charge in [-0.3, -0.25) is 4.79 Å². The van der Waals surface area contributed by atoms with Crippen molar-refractivity contribution in [2.75, 3.05) is 5.32 Å². The van der Waals surface area contributed by atoms with Gasteiger partial charge in [-0.15, -0.1) is 0 Å². The van der Waals surface area contributed by atoms with Crippen LogP contribution < -0.4 is 5.32 Å². The number of para-hydroxylation sites is 1. The molecule has 0 aliphatic heterocycles. The van der Waals surface area contributed by atoms with Crippen LogP contribution >= 0.6 is 22.6 Å². The first-order valence-electron chi connectivity index (χ1n) is 5.42. The predicted molar refractivity (Wildman–Crippen MR) is 77.2 cm³/mol. The highest BCUT2D eigenvalue weighted by Gasteiger charge is 2.16. The summed E-state index contributed by atoms with van der Waals surface area (Å²) in [5, 5.41) is 11.6. The van der Waals surface area contributed by atoms with Gasteiger partial charge in [-0.1, -0.05) is 12.1 Å². The summed E-state index contributed by atoms with van der Waals surface area (Å²) in [7, 11) is 0. The Morgan fingerprint density at radius 2 is 2.00 bits per heavy atom. The summed E-state index contributed by atoms with van der Waals surface area (Å²) in [5.41, 5.74) is 0.703. The number of aromatic carboxylic acids is 1. The molecule has 0 bridgehead atoms. The zero-order valence-electron chi connectivity index (χ0n) is 9.72. The van der Waals surface area contributed by atoms with Gasteiger partial charge in [0.05, 0.1) is 18.4 Å². The lowest BCUT2D eigenvalue weighted by Gasteiger charge is -2.06. The van der Waals surface area contributed by atoms with Crippen molar-refractivity contribution < 1.29 is 19.1 Å². The van der Waals surface area contributed by atoms with Gasteiger partial charge < -0.3 is 14.8 Å². The number of hydrogen-bond acceptors (Lipinski definition) is 3. The second-order valence-electron chi connectivity index (χ2n) is 3.77. The fourth-order valence-corrected chi connectivity index (χ4v) is 2.09. The standard InChI is InChI=1S/C13H10INO4/c14-9-3-1-2-4-10(9)15-12(16)7-11-8(13(17)18)5-6-19-11/h1-6H,7H2,(H,15,16)(H,17,18). The molecule has 0 fully saturated rings. The molecule has 98 valence electrons. The third-order valence-electron chi connectivity index (χ3n) is 2.44. The maximum atomic E-state index is 11.8. The lowest BCUT2D eigenvalue weighted by Crippen LogP contribution is -2.16. The van der Waals surface area contributed by atoms with Crippen molar-refractivity contribution in [1.29, 1.82) is 0 Å². The first-order valence-corrected chi connectivity index (χ1v) is 6.50. The number of rotatable bonds is 4. The molecule has 0 radical (unpaired) electrons. The number of carboxylic acids is 1. The number of furan rings is 1. The fourth-order valence-electron chi connectivity index (χ4n) is 1.57. The maximum absolute atomic E-state index is 11.8. The number of amides is 1. The van der Waals surface area contributed by atoms with E-state index in [-0.39, 0.29) is 23.7 Å². The summed E-state index contributed by atoms with van der Waals surface area (Å²) in [6, 6.07) is 8.66. The molecule has 0 saturated heterocycles. The Morgan fingerprint density at radius 1 is 1.26 bits per heavy atom. The van der Waals surface area contributed by atoms with Crippen molar-refractivity contribution in [3.05, 3.63) is 51.5 Å². The van der Waals surface area contributed by atoms with Gasteiger partial charge >= 0.3 is 5.97 Å². The van der Waals surface area contributed by atoms with Gasteiger partial charge in [-0.05, 0) is 40.8 Å². The second kappa shape index (κ2) is 5.87. The minimum absolute atomic E-state index is 0.0120. The van der Waals surface area contributed by atoms with Gasteiger partial charge in [0.1, 0.15) is 11.3 Å². The van der Waals surface area contributed by atoms with E-state index < -0.39 is 5.97 Å². The van der Waals surface area contributed by atoms with Gasteiger partial charge in [0.15, 0.2) is 0 Å². The fraction of sp³-hybridized carbons (Fsp3) is 0.0769. The Morgan fingerprint density at radius 3 is 2.68 bits per heavy atom. The SMILES string of the molecule is O=C(Cc1occc1C(=O)O)Nc1ccccc1I. The summed E-state index contributed by atoms with van der Waals surface area (Å²) in [6.07, 6.45) is 1.15. The van der Waals surface area contributed by atoms with Crippen LogP contribution in [0.3, 0.4) is 0 Å². The second-order valence-corrected chi connectivity index (χ2v) is 4.93. The van der Waals surface area contributed by atoms with Crippen molar-refractivity contribution in [1.82, 2.24) is 0 Å². The third-order valence-corrected chi connectivity index (χ3v) is 3.39. The predicted octanol–water partition coefficient (Wildman–Crippen LogP) is 2.76. The molecule has 1 aromatic carbocycles. The number of carboxylic acid groups (broad SMARTS) is 1. The van der Waals surface area contributed by atoms with Crippen molar-refractivity contribution in [3.8, 4) is 0 Å². The average Bonchev–Trinajstić information content (AvgIpc) is 2.80. The lowest BCUT2D eigenvalue weighted by atomic mass is 10.2. The number of halogens is 1. The highest BCUT2D eigenvalue weighted by atomic mass is 127. The Labute approximate surface area is 122 Å². The first kappa shape index (κ1) is 13.6. The van der Waals surface area contributed by atoms with Gasteiger partial charge in [-0.2, -0.15) is 0 Å². The summed E-state index contributed by atoms with van der Waals surface area (Å²) in [5.74, 6) is -1.27. The van der Waals surface area contributed by atoms with E-state index in [0.29, 0.717) is 5.69 Å². The molecule has 0 unspecified atom stereocenters. The van der Waals surface area contributed by atoms with Gasteiger partial charge in [0.2, 0.25) is 5.91 Å². The quantitative estimate of drug-likeness (QED) is 0.811. The van der Waals surface area contributed by atoms with Crippen LogP contribution in [0.1, 0.15) is 16.1 Å². The molecule has 5 nitrogen and oxygen atoms in total. The van der Waals surface area contributed by atoms with Crippen molar-refractivity contribution >= 4 is 40.2 Å². The van der Waals surface area contributed by atoms with Gasteiger partial charge in [0, 0.05) is 3.57 Å². The van der Waals surface area contributed by atoms with Crippen molar-refractivity contribution in [2.24, 2.45) is 0 Å². The molecule has 0 aliphatic carbocycles. The van der Waals surface area contributed by atoms with E-state index in [2.05, 4.69) is 27.9 Å². The molecular weight excluding hydrogens is 361 g/mol. The third kappa shape index (κ3) is 3.34. The molecular formula is C13H10INO4. The highest BCUT2D eigenvalue weighted by Crippen LogP contribution is 2.18. The van der Waals surface area contributed by atoms with Crippen LogP contribution in [0.2, 0.25) is 0 Å². The summed E-state index contributed by atoms with van der Waals surface area (Å²) < 4.78 is 5.93. The van der Waals surface area contributed by atoms with E-state index >= 15 is 0 Å². The zero-order valence-corrected chi connectivity index (χ0v) is 11.9. The zero-order chi connectivity index (χ0) is 13.8. The molecule has 2 rings (SSSR count). The Balaban J connectivity index is 2.08. The molecule has 6 heteroatoms. The summed E-state index contributed by atoms with van der Waals surface area (Å²) >= 11 is 2.11. The first-order chi connectivity index (χ1) is 9.08. The number of hydrogen-bond donors (Lipinski definition) is 2. The smallest absolute Gasteiger partial charge is 0.339 e. The summed E-state index contributed by atoms with van der Waals surface area (Å²) in [4.78, 5) is 22.7. The topological polar surface area (TPSA) is 79.5 Å². The van der Waals surface area contributed by atoms with Crippen LogP contribution in [0.5, 0.6) is 0 Å². The molecule has 0 aliphatic rings. The van der Waals surface area contributed by atoms with Crippen molar-refractivity contribution in [2.45, 2.75) is 6.42 Å². The molecule has 2 N–H and O–H groups in total. The normalized spacial score (nSPS) is 10.2. The average molecular weight is 371 g/mol. The van der Waals surface area contributed by atoms with E-state index in [1.807, 2.05) is 18.2 Å². The number of nitrogens with one attached hydrogen (secondary N) is 1. The maximum Gasteiger partial charge on any atom is 0.339 e. The highest BCUT2D eigenvalue weighted by molar-refractivity contribution is 14.1.